The number of piperazine rings is 1. The summed E-state index contributed by atoms with van der Waals surface area (Å²) >= 11 is 0. The first-order chi connectivity index (χ1) is 16.4. The van der Waals surface area contributed by atoms with Crippen molar-refractivity contribution in [3.8, 4) is 6.07 Å². The van der Waals surface area contributed by atoms with Gasteiger partial charge in [0.25, 0.3) is 0 Å². The van der Waals surface area contributed by atoms with Crippen molar-refractivity contribution in [2.45, 2.75) is 33.2 Å². The molecule has 3 heterocycles. The molecule has 0 radical (unpaired) electrons. The van der Waals surface area contributed by atoms with Gasteiger partial charge in [-0.05, 0) is 23.1 Å². The van der Waals surface area contributed by atoms with Crippen molar-refractivity contribution < 1.29 is 8.42 Å². The number of allylic oxidation sites excluding steroid dienone is 2. The average Bonchev–Trinajstić information content (AvgIpc) is 3.02. The Kier molecular flexibility index (Phi) is 6.79. The van der Waals surface area contributed by atoms with E-state index in [-0.39, 0.29) is 22.9 Å². The van der Waals surface area contributed by atoms with Gasteiger partial charge in [0.2, 0.25) is 10.0 Å². The van der Waals surface area contributed by atoms with E-state index in [0.29, 0.717) is 44.9 Å². The second-order valence-corrected chi connectivity index (χ2v) is 12.8. The van der Waals surface area contributed by atoms with Crippen LogP contribution < -0.4 is 5.69 Å². The quantitative estimate of drug-likeness (QED) is 0.625. The number of hydrogen-bond acceptors (Lipinski definition) is 6. The summed E-state index contributed by atoms with van der Waals surface area (Å²) in [4.78, 5) is 20.0. The molecule has 2 aromatic rings. The van der Waals surface area contributed by atoms with E-state index in [1.165, 1.54) is 10.6 Å². The summed E-state index contributed by atoms with van der Waals surface area (Å²) in [5.41, 5.74) is 3.11. The van der Waals surface area contributed by atoms with Gasteiger partial charge >= 0.3 is 5.69 Å². The Morgan fingerprint density at radius 1 is 1.17 bits per heavy atom. The van der Waals surface area contributed by atoms with Gasteiger partial charge in [0, 0.05) is 52.2 Å². The number of rotatable bonds is 5. The molecule has 2 aromatic heterocycles. The Hall–Kier alpha value is -2.74. The van der Waals surface area contributed by atoms with E-state index in [0.717, 1.165) is 16.8 Å². The fourth-order valence-corrected chi connectivity index (χ4v) is 5.64. The van der Waals surface area contributed by atoms with Crippen LogP contribution in [0.2, 0.25) is 0 Å². The molecular weight excluding hydrogens is 464 g/mol. The highest BCUT2D eigenvalue weighted by Gasteiger charge is 2.28. The molecule has 1 aliphatic carbocycles. The molecule has 0 spiro atoms. The molecule has 2 atom stereocenters. The van der Waals surface area contributed by atoms with Crippen molar-refractivity contribution in [1.82, 2.24) is 23.3 Å². The van der Waals surface area contributed by atoms with Crippen molar-refractivity contribution in [1.29, 1.82) is 5.26 Å². The average molecular weight is 499 g/mol. The molecule has 188 valence electrons. The molecule has 0 N–H and O–H groups in total. The van der Waals surface area contributed by atoms with Crippen molar-refractivity contribution in [2.75, 3.05) is 39.0 Å². The lowest BCUT2D eigenvalue weighted by atomic mass is 9.84. The number of nitrogens with zero attached hydrogens (tertiary/aromatic N) is 6. The Balaban J connectivity index is 1.60. The Bertz CT molecular complexity index is 1380. The monoisotopic (exact) mass is 498 g/mol. The molecule has 1 saturated heterocycles. The summed E-state index contributed by atoms with van der Waals surface area (Å²) in [6.07, 6.45) is 7.25. The standard InChI is InChI=1S/C25H34N6O3S/c1-25(2,3)17-31-22-9-8-21(27-23(22)28(4)24(31)32)20-14-18(6-7-19(20)15-26)16-29-10-12-30(13-11-29)35(5,33)34/h6-9,14,19-20H,10-13,16-17H2,1-5H3. The predicted octanol–water partition coefficient (Wildman–Crippen LogP) is 2.08. The first-order valence-corrected chi connectivity index (χ1v) is 13.7. The number of fused-ring (bicyclic) bond motifs is 1. The zero-order valence-electron chi connectivity index (χ0n) is 21.1. The van der Waals surface area contributed by atoms with Gasteiger partial charge in [-0.25, -0.2) is 18.2 Å². The molecular formula is C25H34N6O3S. The van der Waals surface area contributed by atoms with E-state index < -0.39 is 10.0 Å². The van der Waals surface area contributed by atoms with E-state index in [1.807, 2.05) is 24.3 Å². The number of nitriles is 1. The fraction of sp³-hybridized carbons (Fsp3) is 0.560. The molecule has 35 heavy (non-hydrogen) atoms. The summed E-state index contributed by atoms with van der Waals surface area (Å²) in [6, 6.07) is 6.24. The zero-order chi connectivity index (χ0) is 25.5. The topological polar surface area (TPSA) is 104 Å². The molecule has 4 rings (SSSR count). The minimum Gasteiger partial charge on any atom is -0.296 e. The van der Waals surface area contributed by atoms with Crippen LogP contribution in [0, 0.1) is 22.7 Å². The summed E-state index contributed by atoms with van der Waals surface area (Å²) in [6.45, 7) is 9.86. The van der Waals surface area contributed by atoms with Gasteiger partial charge in [-0.3, -0.25) is 14.0 Å². The molecule has 10 heteroatoms. The number of imidazole rings is 1. The van der Waals surface area contributed by atoms with Gasteiger partial charge in [-0.1, -0.05) is 39.0 Å². The number of sulfonamides is 1. The third kappa shape index (κ3) is 5.42. The van der Waals surface area contributed by atoms with E-state index in [1.54, 1.807) is 16.2 Å². The lowest BCUT2D eigenvalue weighted by Crippen LogP contribution is -2.48. The maximum Gasteiger partial charge on any atom is 0.330 e. The summed E-state index contributed by atoms with van der Waals surface area (Å²) < 4.78 is 28.4. The van der Waals surface area contributed by atoms with Crippen molar-refractivity contribution >= 4 is 21.2 Å². The highest BCUT2D eigenvalue weighted by molar-refractivity contribution is 7.88. The summed E-state index contributed by atoms with van der Waals surface area (Å²) in [5, 5.41) is 9.79. The Morgan fingerprint density at radius 3 is 2.46 bits per heavy atom. The number of pyridine rings is 1. The van der Waals surface area contributed by atoms with Crippen LogP contribution in [0.3, 0.4) is 0 Å². The van der Waals surface area contributed by atoms with Gasteiger partial charge in [0.05, 0.1) is 29.5 Å². The van der Waals surface area contributed by atoms with Gasteiger partial charge in [0.15, 0.2) is 5.65 Å². The predicted molar refractivity (Wildman–Crippen MR) is 136 cm³/mol. The summed E-state index contributed by atoms with van der Waals surface area (Å²) in [5.74, 6) is -0.567. The number of hydrogen-bond donors (Lipinski definition) is 0. The Morgan fingerprint density at radius 2 is 1.86 bits per heavy atom. The molecule has 2 unspecified atom stereocenters. The third-order valence-corrected chi connectivity index (χ3v) is 7.93. The first-order valence-electron chi connectivity index (χ1n) is 11.9. The minimum atomic E-state index is -3.16. The van der Waals surface area contributed by atoms with Crippen molar-refractivity contribution in [2.24, 2.45) is 18.4 Å². The third-order valence-electron chi connectivity index (χ3n) is 6.63. The first kappa shape index (κ1) is 25.4. The zero-order valence-corrected chi connectivity index (χ0v) is 21.9. The van der Waals surface area contributed by atoms with Crippen LogP contribution in [0.5, 0.6) is 0 Å². The Labute approximate surface area is 207 Å². The normalized spacial score (nSPS) is 22.3. The van der Waals surface area contributed by atoms with Gasteiger partial charge < -0.3 is 0 Å². The lowest BCUT2D eigenvalue weighted by Gasteiger charge is -2.34. The largest absolute Gasteiger partial charge is 0.330 e. The maximum atomic E-state index is 12.9. The van der Waals surface area contributed by atoms with Crippen LogP contribution >= 0.6 is 0 Å². The second kappa shape index (κ2) is 9.37. The molecule has 1 aliphatic heterocycles. The summed E-state index contributed by atoms with van der Waals surface area (Å²) in [7, 11) is -1.43. The molecule has 9 nitrogen and oxygen atoms in total. The van der Waals surface area contributed by atoms with E-state index in [4.69, 9.17) is 4.98 Å². The van der Waals surface area contributed by atoms with E-state index >= 15 is 0 Å². The highest BCUT2D eigenvalue weighted by atomic mass is 32.2. The van der Waals surface area contributed by atoms with E-state index in [9.17, 15) is 18.5 Å². The fourth-order valence-electron chi connectivity index (χ4n) is 4.81. The van der Waals surface area contributed by atoms with Crippen LogP contribution in [-0.2, 0) is 23.6 Å². The second-order valence-electron chi connectivity index (χ2n) is 10.8. The van der Waals surface area contributed by atoms with Gasteiger partial charge in [0.1, 0.15) is 0 Å². The SMILES string of the molecule is Cn1c(=O)n(CC(C)(C)C)c2ccc(C3C=C(CN4CCN(S(C)(=O)=O)CC4)C=CC3C#N)nc21. The van der Waals surface area contributed by atoms with Gasteiger partial charge in [-0.2, -0.15) is 9.57 Å². The number of aryl methyl sites for hydroxylation is 1. The smallest absolute Gasteiger partial charge is 0.296 e. The van der Waals surface area contributed by atoms with Crippen LogP contribution in [0.15, 0.2) is 40.7 Å². The molecule has 2 aliphatic rings. The number of aromatic nitrogens is 3. The van der Waals surface area contributed by atoms with E-state index in [2.05, 4.69) is 37.8 Å². The lowest BCUT2D eigenvalue weighted by molar-refractivity contribution is 0.202. The minimum absolute atomic E-state index is 0.0543. The van der Waals surface area contributed by atoms with Crippen LogP contribution in [0.25, 0.3) is 11.2 Å². The van der Waals surface area contributed by atoms with Crippen LogP contribution in [0.1, 0.15) is 32.4 Å². The van der Waals surface area contributed by atoms with Crippen molar-refractivity contribution in [3.63, 3.8) is 0 Å². The molecule has 0 bridgehead atoms. The maximum absolute atomic E-state index is 12.9. The highest BCUT2D eigenvalue weighted by Crippen LogP contribution is 2.32. The molecule has 1 fully saturated rings. The van der Waals surface area contributed by atoms with Crippen LogP contribution in [0.4, 0.5) is 0 Å². The molecule has 0 saturated carbocycles. The molecule has 0 amide bonds. The van der Waals surface area contributed by atoms with Crippen molar-refractivity contribution in [3.05, 3.63) is 52.1 Å². The van der Waals surface area contributed by atoms with Gasteiger partial charge in [-0.15, -0.1) is 0 Å². The van der Waals surface area contributed by atoms with Crippen LogP contribution in [-0.4, -0.2) is 70.7 Å². The molecule has 0 aromatic carbocycles.